The predicted molar refractivity (Wildman–Crippen MR) is 83.8 cm³/mol. The van der Waals surface area contributed by atoms with E-state index >= 15 is 0 Å². The molecule has 1 saturated heterocycles. The second-order valence-corrected chi connectivity index (χ2v) is 6.11. The van der Waals surface area contributed by atoms with E-state index in [1.807, 2.05) is 25.1 Å². The largest absolute Gasteiger partial charge is 0.490 e. The summed E-state index contributed by atoms with van der Waals surface area (Å²) in [7, 11) is 0. The summed E-state index contributed by atoms with van der Waals surface area (Å²) < 4.78 is 11.7. The third kappa shape index (κ3) is 4.43. The third-order valence-electron chi connectivity index (χ3n) is 3.94. The minimum atomic E-state index is -0.528. The van der Waals surface area contributed by atoms with Gasteiger partial charge in [-0.2, -0.15) is 0 Å². The molecular weight excluding hydrogens is 266 g/mol. The Morgan fingerprint density at radius 3 is 2.81 bits per heavy atom. The van der Waals surface area contributed by atoms with Crippen molar-refractivity contribution < 1.29 is 14.6 Å². The van der Waals surface area contributed by atoms with Crippen LogP contribution in [0.5, 0.6) is 5.75 Å². The lowest BCUT2D eigenvalue weighted by Crippen LogP contribution is -2.47. The maximum Gasteiger partial charge on any atom is 0.125 e. The molecule has 1 heterocycles. The Labute approximate surface area is 127 Å². The summed E-state index contributed by atoms with van der Waals surface area (Å²) >= 11 is 0. The zero-order chi connectivity index (χ0) is 15.4. The Hall–Kier alpha value is -1.10. The van der Waals surface area contributed by atoms with Crippen molar-refractivity contribution in [2.75, 3.05) is 26.3 Å². The van der Waals surface area contributed by atoms with E-state index in [1.54, 1.807) is 6.92 Å². The normalized spacial score (nSPS) is 21.5. The maximum atomic E-state index is 9.86. The SMILES string of the molecule is Cc1ccc(OCC2CN(C(C)C)CCO2)c([C@H](C)O)c1. The quantitative estimate of drug-likeness (QED) is 0.906. The molecule has 0 spiro atoms. The summed E-state index contributed by atoms with van der Waals surface area (Å²) in [5.41, 5.74) is 1.96. The number of aliphatic hydroxyl groups is 1. The molecule has 1 N–H and O–H groups in total. The molecule has 0 bridgehead atoms. The topological polar surface area (TPSA) is 41.9 Å². The van der Waals surface area contributed by atoms with Crippen LogP contribution in [0.4, 0.5) is 0 Å². The fourth-order valence-electron chi connectivity index (χ4n) is 2.62. The highest BCUT2D eigenvalue weighted by atomic mass is 16.5. The first kappa shape index (κ1) is 16.3. The Morgan fingerprint density at radius 2 is 2.14 bits per heavy atom. The first-order chi connectivity index (χ1) is 9.97. The molecule has 0 radical (unpaired) electrons. The van der Waals surface area contributed by atoms with Crippen LogP contribution in [-0.4, -0.2) is 48.5 Å². The van der Waals surface area contributed by atoms with Gasteiger partial charge in [0.05, 0.1) is 12.7 Å². The van der Waals surface area contributed by atoms with E-state index in [1.165, 1.54) is 0 Å². The van der Waals surface area contributed by atoms with Gasteiger partial charge in [0.25, 0.3) is 0 Å². The van der Waals surface area contributed by atoms with Crippen molar-refractivity contribution in [2.45, 2.75) is 45.9 Å². The molecule has 0 aliphatic carbocycles. The zero-order valence-corrected chi connectivity index (χ0v) is 13.5. The lowest BCUT2D eigenvalue weighted by molar-refractivity contribution is -0.0567. The van der Waals surface area contributed by atoms with E-state index < -0.39 is 6.10 Å². The summed E-state index contributed by atoms with van der Waals surface area (Å²) in [4.78, 5) is 2.41. The van der Waals surface area contributed by atoms with Gasteiger partial charge in [0, 0.05) is 24.7 Å². The van der Waals surface area contributed by atoms with Gasteiger partial charge in [-0.25, -0.2) is 0 Å². The molecule has 4 nitrogen and oxygen atoms in total. The van der Waals surface area contributed by atoms with Crippen LogP contribution in [0.25, 0.3) is 0 Å². The van der Waals surface area contributed by atoms with Crippen LogP contribution >= 0.6 is 0 Å². The van der Waals surface area contributed by atoms with Crippen LogP contribution in [-0.2, 0) is 4.74 Å². The molecule has 1 aromatic carbocycles. The van der Waals surface area contributed by atoms with E-state index in [-0.39, 0.29) is 6.10 Å². The molecule has 4 heteroatoms. The molecule has 1 unspecified atom stereocenters. The van der Waals surface area contributed by atoms with Gasteiger partial charge in [0.15, 0.2) is 0 Å². The Kier molecular flexibility index (Phi) is 5.62. The fourth-order valence-corrected chi connectivity index (χ4v) is 2.62. The van der Waals surface area contributed by atoms with Crippen molar-refractivity contribution in [1.82, 2.24) is 4.90 Å². The number of aliphatic hydroxyl groups excluding tert-OH is 1. The third-order valence-corrected chi connectivity index (χ3v) is 3.94. The Morgan fingerprint density at radius 1 is 1.38 bits per heavy atom. The maximum absolute atomic E-state index is 9.86. The molecule has 1 aromatic rings. The number of nitrogens with zero attached hydrogens (tertiary/aromatic N) is 1. The van der Waals surface area contributed by atoms with Gasteiger partial charge < -0.3 is 14.6 Å². The summed E-state index contributed by atoms with van der Waals surface area (Å²) in [5.74, 6) is 0.751. The number of benzene rings is 1. The molecule has 1 aliphatic rings. The molecule has 118 valence electrons. The first-order valence-electron chi connectivity index (χ1n) is 7.74. The summed E-state index contributed by atoms with van der Waals surface area (Å²) in [5, 5.41) is 9.86. The number of aryl methyl sites for hydroxylation is 1. The number of ether oxygens (including phenoxy) is 2. The van der Waals surface area contributed by atoms with Gasteiger partial charge in [0.1, 0.15) is 18.5 Å². The van der Waals surface area contributed by atoms with Crippen LogP contribution < -0.4 is 4.74 Å². The first-order valence-corrected chi connectivity index (χ1v) is 7.74. The molecule has 21 heavy (non-hydrogen) atoms. The molecule has 1 aliphatic heterocycles. The minimum absolute atomic E-state index is 0.0873. The van der Waals surface area contributed by atoms with E-state index in [9.17, 15) is 5.11 Å². The van der Waals surface area contributed by atoms with Crippen LogP contribution in [0.1, 0.15) is 38.0 Å². The van der Waals surface area contributed by atoms with Crippen molar-refractivity contribution in [3.8, 4) is 5.75 Å². The van der Waals surface area contributed by atoms with Gasteiger partial charge >= 0.3 is 0 Å². The number of morpholine rings is 1. The lowest BCUT2D eigenvalue weighted by Gasteiger charge is -2.35. The van der Waals surface area contributed by atoms with Crippen LogP contribution in [0.3, 0.4) is 0 Å². The molecule has 2 atom stereocenters. The minimum Gasteiger partial charge on any atom is -0.490 e. The molecular formula is C17H27NO3. The van der Waals surface area contributed by atoms with Crippen molar-refractivity contribution in [1.29, 1.82) is 0 Å². The van der Waals surface area contributed by atoms with Crippen molar-refractivity contribution in [2.24, 2.45) is 0 Å². The number of hydrogen-bond donors (Lipinski definition) is 1. The standard InChI is InChI=1S/C17H27NO3/c1-12(2)18-7-8-20-15(10-18)11-21-17-6-5-13(3)9-16(17)14(4)19/h5-6,9,12,14-15,19H,7-8,10-11H2,1-4H3/t14-,15?/m0/s1. The molecule has 0 aromatic heterocycles. The molecule has 2 rings (SSSR count). The van der Waals surface area contributed by atoms with Gasteiger partial charge in [-0.05, 0) is 39.8 Å². The molecule has 0 amide bonds. The lowest BCUT2D eigenvalue weighted by atomic mass is 10.1. The zero-order valence-electron chi connectivity index (χ0n) is 13.5. The highest BCUT2D eigenvalue weighted by Crippen LogP contribution is 2.26. The molecule has 0 saturated carbocycles. The van der Waals surface area contributed by atoms with Crippen molar-refractivity contribution in [3.05, 3.63) is 29.3 Å². The summed E-state index contributed by atoms with van der Waals surface area (Å²) in [6.45, 7) is 11.3. The second kappa shape index (κ2) is 7.25. The second-order valence-electron chi connectivity index (χ2n) is 6.11. The summed E-state index contributed by atoms with van der Waals surface area (Å²) in [6.07, 6.45) is -0.441. The van der Waals surface area contributed by atoms with Gasteiger partial charge in [-0.15, -0.1) is 0 Å². The van der Waals surface area contributed by atoms with E-state index in [4.69, 9.17) is 9.47 Å². The highest BCUT2D eigenvalue weighted by Gasteiger charge is 2.23. The average molecular weight is 293 g/mol. The van der Waals surface area contributed by atoms with E-state index in [0.717, 1.165) is 36.6 Å². The van der Waals surface area contributed by atoms with Gasteiger partial charge in [0.2, 0.25) is 0 Å². The van der Waals surface area contributed by atoms with Gasteiger partial charge in [-0.1, -0.05) is 11.6 Å². The van der Waals surface area contributed by atoms with Crippen molar-refractivity contribution in [3.63, 3.8) is 0 Å². The average Bonchev–Trinajstić information content (AvgIpc) is 2.46. The Bertz CT molecular complexity index is 459. The predicted octanol–water partition coefficient (Wildman–Crippen LogP) is 2.54. The summed E-state index contributed by atoms with van der Waals surface area (Å²) in [6, 6.07) is 6.44. The van der Waals surface area contributed by atoms with Crippen molar-refractivity contribution >= 4 is 0 Å². The van der Waals surface area contributed by atoms with Crippen LogP contribution in [0.15, 0.2) is 18.2 Å². The number of hydrogen-bond acceptors (Lipinski definition) is 4. The highest BCUT2D eigenvalue weighted by molar-refractivity contribution is 5.38. The monoisotopic (exact) mass is 293 g/mol. The Balaban J connectivity index is 1.96. The smallest absolute Gasteiger partial charge is 0.125 e. The fraction of sp³-hybridized carbons (Fsp3) is 0.647. The van der Waals surface area contributed by atoms with Crippen LogP contribution in [0, 0.1) is 6.92 Å². The van der Waals surface area contributed by atoms with E-state index in [0.29, 0.717) is 12.6 Å². The van der Waals surface area contributed by atoms with Crippen LogP contribution in [0.2, 0.25) is 0 Å². The number of rotatable bonds is 5. The van der Waals surface area contributed by atoms with E-state index in [2.05, 4.69) is 18.7 Å². The van der Waals surface area contributed by atoms with Gasteiger partial charge in [-0.3, -0.25) is 4.90 Å². The molecule has 1 fully saturated rings.